The average Bonchev–Trinajstić information content (AvgIpc) is 3.35. The number of nitrogens with one attached hydrogen (secondary N) is 1. The minimum absolute atomic E-state index is 0.0749. The lowest BCUT2D eigenvalue weighted by atomic mass is 10.3. The molecular weight excluding hydrogens is 464 g/mol. The Balaban J connectivity index is 1.47. The summed E-state index contributed by atoms with van der Waals surface area (Å²) in [6, 6.07) is 16.6. The first-order valence-corrected chi connectivity index (χ1v) is 12.2. The number of ether oxygens (including phenoxy) is 1. The van der Waals surface area contributed by atoms with Crippen LogP contribution in [0.25, 0.3) is 15.9 Å². The van der Waals surface area contributed by atoms with E-state index in [1.54, 1.807) is 10.7 Å². The predicted molar refractivity (Wildman–Crippen MR) is 125 cm³/mol. The summed E-state index contributed by atoms with van der Waals surface area (Å²) < 4.78 is 29.8. The smallest absolute Gasteiger partial charge is 0.349 e. The molecule has 2 heterocycles. The number of para-hydroxylation sites is 1. The molecule has 1 atom stereocenters. The number of nitrogens with two attached hydrogens (primary N) is 1. The molecule has 0 saturated heterocycles. The maximum Gasteiger partial charge on any atom is 0.349 e. The van der Waals surface area contributed by atoms with Crippen LogP contribution in [0.4, 0.5) is 5.69 Å². The molecule has 0 saturated carbocycles. The van der Waals surface area contributed by atoms with E-state index in [1.165, 1.54) is 42.5 Å². The van der Waals surface area contributed by atoms with Crippen LogP contribution in [0.3, 0.4) is 0 Å². The van der Waals surface area contributed by atoms with Crippen molar-refractivity contribution in [3.63, 3.8) is 0 Å². The zero-order valence-corrected chi connectivity index (χ0v) is 19.3. The number of carbonyl (C=O) groups excluding carboxylic acids is 2. The summed E-state index contributed by atoms with van der Waals surface area (Å²) in [5, 5.41) is 13.0. The van der Waals surface area contributed by atoms with E-state index >= 15 is 0 Å². The largest absolute Gasteiger partial charge is 0.448 e. The Morgan fingerprint density at radius 2 is 1.79 bits per heavy atom. The quantitative estimate of drug-likeness (QED) is 0.404. The number of benzene rings is 2. The van der Waals surface area contributed by atoms with Crippen molar-refractivity contribution >= 4 is 49.1 Å². The van der Waals surface area contributed by atoms with Gasteiger partial charge in [-0.2, -0.15) is 5.10 Å². The van der Waals surface area contributed by atoms with Gasteiger partial charge in [-0.3, -0.25) is 4.79 Å². The van der Waals surface area contributed by atoms with E-state index in [9.17, 15) is 18.0 Å². The van der Waals surface area contributed by atoms with Crippen LogP contribution in [0, 0.1) is 6.92 Å². The molecule has 3 N–H and O–H groups in total. The summed E-state index contributed by atoms with van der Waals surface area (Å²) in [6.07, 6.45) is -1.08. The van der Waals surface area contributed by atoms with Crippen LogP contribution in [-0.4, -0.2) is 36.2 Å². The number of aromatic nitrogens is 2. The SMILES string of the molecule is Cc1nn(-c2ccccc2)c2sc(C(=O)OC(C)C(=O)Nc3ccc(S(N)(=O)=O)cc3)cc12. The Bertz CT molecular complexity index is 1440. The van der Waals surface area contributed by atoms with Gasteiger partial charge in [-0.25, -0.2) is 23.0 Å². The van der Waals surface area contributed by atoms with Crippen molar-refractivity contribution in [2.24, 2.45) is 5.14 Å². The Kier molecular flexibility index (Phi) is 6.02. The first kappa shape index (κ1) is 22.6. The van der Waals surface area contributed by atoms with Crippen molar-refractivity contribution in [1.29, 1.82) is 0 Å². The Labute approximate surface area is 193 Å². The van der Waals surface area contributed by atoms with Crippen LogP contribution in [0.15, 0.2) is 65.6 Å². The van der Waals surface area contributed by atoms with Crippen molar-refractivity contribution in [3.8, 4) is 5.69 Å². The third kappa shape index (κ3) is 4.80. The van der Waals surface area contributed by atoms with Crippen LogP contribution in [0.2, 0.25) is 0 Å². The molecular formula is C22H20N4O5S2. The molecule has 0 fully saturated rings. The molecule has 33 heavy (non-hydrogen) atoms. The van der Waals surface area contributed by atoms with Gasteiger partial charge in [0, 0.05) is 11.1 Å². The molecule has 0 bridgehead atoms. The van der Waals surface area contributed by atoms with Gasteiger partial charge in [-0.1, -0.05) is 18.2 Å². The Morgan fingerprint density at radius 3 is 2.42 bits per heavy atom. The topological polar surface area (TPSA) is 133 Å². The number of anilines is 1. The predicted octanol–water partition coefficient (Wildman–Crippen LogP) is 3.23. The Hall–Kier alpha value is -3.54. The minimum Gasteiger partial charge on any atom is -0.448 e. The minimum atomic E-state index is -3.83. The van der Waals surface area contributed by atoms with Crippen molar-refractivity contribution in [1.82, 2.24) is 9.78 Å². The van der Waals surface area contributed by atoms with Crippen LogP contribution >= 0.6 is 11.3 Å². The third-order valence-corrected chi connectivity index (χ3v) is 6.87. The number of fused-ring (bicyclic) bond motifs is 1. The third-order valence-electron chi connectivity index (χ3n) is 4.85. The number of rotatable bonds is 6. The normalized spacial score (nSPS) is 12.5. The molecule has 0 spiro atoms. The van der Waals surface area contributed by atoms with Gasteiger partial charge >= 0.3 is 5.97 Å². The van der Waals surface area contributed by atoms with Gasteiger partial charge in [0.25, 0.3) is 5.91 Å². The lowest BCUT2D eigenvalue weighted by Gasteiger charge is -2.13. The summed E-state index contributed by atoms with van der Waals surface area (Å²) in [4.78, 5) is 26.2. The molecule has 2 aromatic heterocycles. The van der Waals surface area contributed by atoms with E-state index < -0.39 is 28.0 Å². The highest BCUT2D eigenvalue weighted by Crippen LogP contribution is 2.31. The van der Waals surface area contributed by atoms with Crippen LogP contribution in [0.1, 0.15) is 22.3 Å². The molecule has 170 valence electrons. The number of primary sulfonamides is 1. The van der Waals surface area contributed by atoms with E-state index in [-0.39, 0.29) is 4.90 Å². The van der Waals surface area contributed by atoms with Gasteiger partial charge in [0.1, 0.15) is 9.71 Å². The summed E-state index contributed by atoms with van der Waals surface area (Å²) in [7, 11) is -3.83. The molecule has 0 aliphatic carbocycles. The second-order valence-corrected chi connectivity index (χ2v) is 9.86. The molecule has 1 unspecified atom stereocenters. The standard InChI is InChI=1S/C22H20N4O5S2/c1-13-18-12-19(32-21(18)26(25-13)16-6-4-3-5-7-16)22(28)31-14(2)20(27)24-15-8-10-17(11-9-15)33(23,29)30/h3-12,14H,1-2H3,(H,24,27)(H2,23,29,30). The average molecular weight is 485 g/mol. The monoisotopic (exact) mass is 484 g/mol. The molecule has 2 aromatic carbocycles. The van der Waals surface area contributed by atoms with Crippen LogP contribution < -0.4 is 10.5 Å². The first-order valence-electron chi connectivity index (χ1n) is 9.83. The van der Waals surface area contributed by atoms with Crippen molar-refractivity contribution in [3.05, 3.63) is 71.2 Å². The van der Waals surface area contributed by atoms with Crippen molar-refractivity contribution in [2.45, 2.75) is 24.8 Å². The fourth-order valence-electron chi connectivity index (χ4n) is 3.14. The number of nitrogens with zero attached hydrogens (tertiary/aromatic N) is 2. The molecule has 11 heteroatoms. The second-order valence-electron chi connectivity index (χ2n) is 7.27. The maximum atomic E-state index is 12.7. The number of hydrogen-bond acceptors (Lipinski definition) is 7. The van der Waals surface area contributed by atoms with Crippen LogP contribution in [-0.2, 0) is 19.6 Å². The molecule has 4 aromatic rings. The summed E-state index contributed by atoms with van der Waals surface area (Å²) >= 11 is 1.23. The Morgan fingerprint density at radius 1 is 1.12 bits per heavy atom. The van der Waals surface area contributed by atoms with Crippen molar-refractivity contribution in [2.75, 3.05) is 5.32 Å². The number of carbonyl (C=O) groups is 2. The molecule has 0 aliphatic rings. The molecule has 0 radical (unpaired) electrons. The lowest BCUT2D eigenvalue weighted by Crippen LogP contribution is -2.29. The number of sulfonamides is 1. The van der Waals surface area contributed by atoms with E-state index in [1.807, 2.05) is 37.3 Å². The summed E-state index contributed by atoms with van der Waals surface area (Å²) in [5.74, 6) is -1.18. The fourth-order valence-corrected chi connectivity index (χ4v) is 4.72. The molecule has 0 aliphatic heterocycles. The van der Waals surface area contributed by atoms with Gasteiger partial charge in [-0.15, -0.1) is 11.3 Å². The van der Waals surface area contributed by atoms with E-state index in [0.717, 1.165) is 21.6 Å². The van der Waals surface area contributed by atoms with Gasteiger partial charge < -0.3 is 10.1 Å². The van der Waals surface area contributed by atoms with E-state index in [4.69, 9.17) is 9.88 Å². The van der Waals surface area contributed by atoms with Gasteiger partial charge in [0.2, 0.25) is 10.0 Å². The number of esters is 1. The molecule has 4 rings (SSSR count). The highest BCUT2D eigenvalue weighted by molar-refractivity contribution is 7.89. The molecule has 1 amide bonds. The zero-order chi connectivity index (χ0) is 23.8. The lowest BCUT2D eigenvalue weighted by molar-refractivity contribution is -0.123. The summed E-state index contributed by atoms with van der Waals surface area (Å²) in [6.45, 7) is 3.32. The highest BCUT2D eigenvalue weighted by atomic mass is 32.2. The fraction of sp³-hybridized carbons (Fsp3) is 0.136. The van der Waals surface area contributed by atoms with Gasteiger partial charge in [0.05, 0.1) is 16.3 Å². The molecule has 9 nitrogen and oxygen atoms in total. The van der Waals surface area contributed by atoms with Crippen molar-refractivity contribution < 1.29 is 22.7 Å². The maximum absolute atomic E-state index is 12.7. The van der Waals surface area contributed by atoms with E-state index in [2.05, 4.69) is 10.4 Å². The highest BCUT2D eigenvalue weighted by Gasteiger charge is 2.23. The number of aryl methyl sites for hydroxylation is 1. The van der Waals surface area contributed by atoms with E-state index in [0.29, 0.717) is 10.6 Å². The summed E-state index contributed by atoms with van der Waals surface area (Å²) in [5.41, 5.74) is 1.99. The number of thiophene rings is 1. The van der Waals surface area contributed by atoms with Gasteiger partial charge in [0.15, 0.2) is 6.10 Å². The second kappa shape index (κ2) is 8.77. The number of hydrogen-bond donors (Lipinski definition) is 2. The zero-order valence-electron chi connectivity index (χ0n) is 17.7. The van der Waals surface area contributed by atoms with Crippen LogP contribution in [0.5, 0.6) is 0 Å². The number of amides is 1. The van der Waals surface area contributed by atoms with Gasteiger partial charge in [-0.05, 0) is 56.3 Å². The first-order chi connectivity index (χ1) is 15.6.